The molecule has 0 aliphatic heterocycles. The van der Waals surface area contributed by atoms with Crippen LogP contribution in [0, 0.1) is 6.92 Å². The highest BCUT2D eigenvalue weighted by Gasteiger charge is 2.15. The van der Waals surface area contributed by atoms with Crippen LogP contribution in [0.1, 0.15) is 18.4 Å². The summed E-state index contributed by atoms with van der Waals surface area (Å²) in [6.45, 7) is 4.98. The first-order chi connectivity index (χ1) is 14.0. The normalized spacial score (nSPS) is 11.9. The Morgan fingerprint density at radius 3 is 2.69 bits per heavy atom. The van der Waals surface area contributed by atoms with E-state index in [0.29, 0.717) is 18.1 Å². The second-order valence-electron chi connectivity index (χ2n) is 6.71. The van der Waals surface area contributed by atoms with Crippen LogP contribution in [0.2, 0.25) is 0 Å². The topological polar surface area (TPSA) is 103 Å². The Hall–Kier alpha value is -3.04. The Morgan fingerprint density at radius 1 is 1.14 bits per heavy atom. The van der Waals surface area contributed by atoms with Crippen molar-refractivity contribution >= 4 is 21.1 Å². The maximum Gasteiger partial charge on any atom is 0.240 e. The summed E-state index contributed by atoms with van der Waals surface area (Å²) in [6.07, 6.45) is 2.10. The van der Waals surface area contributed by atoms with E-state index in [1.165, 1.54) is 0 Å². The van der Waals surface area contributed by atoms with E-state index in [1.54, 1.807) is 30.6 Å². The van der Waals surface area contributed by atoms with Crippen LogP contribution < -0.4 is 4.72 Å². The number of nitrogens with zero attached hydrogens (tertiary/aromatic N) is 4. The monoisotopic (exact) mass is 411 g/mol. The molecule has 0 amide bonds. The highest BCUT2D eigenvalue weighted by Crippen LogP contribution is 2.22. The SMILES string of the molecule is CCn1cnc2cc(-c3noc(CCNS(=O)(=O)c4ccc(C)cc4)n3)ccc21. The van der Waals surface area contributed by atoms with Crippen molar-refractivity contribution in [3.8, 4) is 11.4 Å². The molecule has 29 heavy (non-hydrogen) atoms. The highest BCUT2D eigenvalue weighted by molar-refractivity contribution is 7.89. The molecule has 0 unspecified atom stereocenters. The van der Waals surface area contributed by atoms with Crippen LogP contribution in [0.3, 0.4) is 0 Å². The summed E-state index contributed by atoms with van der Waals surface area (Å²) in [5.41, 5.74) is 3.71. The molecule has 0 spiro atoms. The van der Waals surface area contributed by atoms with Crippen molar-refractivity contribution in [2.75, 3.05) is 6.54 Å². The largest absolute Gasteiger partial charge is 0.339 e. The lowest BCUT2D eigenvalue weighted by molar-refractivity contribution is 0.379. The van der Waals surface area contributed by atoms with Gasteiger partial charge < -0.3 is 9.09 Å². The Morgan fingerprint density at radius 2 is 1.93 bits per heavy atom. The molecule has 0 radical (unpaired) electrons. The van der Waals surface area contributed by atoms with Crippen LogP contribution in [0.5, 0.6) is 0 Å². The molecule has 0 atom stereocenters. The van der Waals surface area contributed by atoms with Crippen LogP contribution in [0.15, 0.2) is 58.2 Å². The maximum absolute atomic E-state index is 12.3. The molecule has 150 valence electrons. The quantitative estimate of drug-likeness (QED) is 0.502. The van der Waals surface area contributed by atoms with E-state index < -0.39 is 10.0 Å². The van der Waals surface area contributed by atoms with Gasteiger partial charge in [-0.05, 0) is 44.2 Å². The molecule has 0 aliphatic carbocycles. The van der Waals surface area contributed by atoms with Gasteiger partial charge in [-0.15, -0.1) is 0 Å². The second-order valence-corrected chi connectivity index (χ2v) is 8.47. The van der Waals surface area contributed by atoms with Gasteiger partial charge in [-0.1, -0.05) is 22.9 Å². The number of hydrogen-bond acceptors (Lipinski definition) is 6. The highest BCUT2D eigenvalue weighted by atomic mass is 32.2. The molecule has 0 aliphatic rings. The summed E-state index contributed by atoms with van der Waals surface area (Å²) in [5.74, 6) is 0.820. The summed E-state index contributed by atoms with van der Waals surface area (Å²) in [6, 6.07) is 12.5. The predicted molar refractivity (Wildman–Crippen MR) is 109 cm³/mol. The van der Waals surface area contributed by atoms with Gasteiger partial charge in [0.1, 0.15) is 0 Å². The molecule has 0 saturated heterocycles. The number of imidazole rings is 1. The minimum atomic E-state index is -3.57. The van der Waals surface area contributed by atoms with Crippen molar-refractivity contribution < 1.29 is 12.9 Å². The fourth-order valence-electron chi connectivity index (χ4n) is 3.02. The van der Waals surface area contributed by atoms with Gasteiger partial charge in [0.05, 0.1) is 22.3 Å². The number of hydrogen-bond donors (Lipinski definition) is 1. The summed E-state index contributed by atoms with van der Waals surface area (Å²) in [7, 11) is -3.57. The molecule has 0 bridgehead atoms. The molecule has 1 N–H and O–H groups in total. The van der Waals surface area contributed by atoms with Crippen molar-refractivity contribution in [3.05, 3.63) is 60.2 Å². The van der Waals surface area contributed by atoms with E-state index >= 15 is 0 Å². The van der Waals surface area contributed by atoms with Gasteiger partial charge in [0.2, 0.25) is 21.7 Å². The van der Waals surface area contributed by atoms with Crippen molar-refractivity contribution in [2.24, 2.45) is 0 Å². The standard InChI is InChI=1S/C20H21N5O3S/c1-3-25-13-21-17-12-15(6-9-18(17)25)20-23-19(28-24-20)10-11-22-29(26,27)16-7-4-14(2)5-8-16/h4-9,12-13,22H,3,10-11H2,1-2H3. The van der Waals surface area contributed by atoms with Gasteiger partial charge in [0.25, 0.3) is 0 Å². The van der Waals surface area contributed by atoms with Gasteiger partial charge in [-0.2, -0.15) is 4.98 Å². The number of aryl methyl sites for hydroxylation is 2. The molecule has 0 fully saturated rings. The zero-order valence-corrected chi connectivity index (χ0v) is 17.0. The number of rotatable bonds is 7. The molecular formula is C20H21N5O3S. The van der Waals surface area contributed by atoms with Gasteiger partial charge >= 0.3 is 0 Å². The zero-order valence-electron chi connectivity index (χ0n) is 16.2. The van der Waals surface area contributed by atoms with Crippen LogP contribution in [0.25, 0.3) is 22.4 Å². The second kappa shape index (κ2) is 7.76. The summed E-state index contributed by atoms with van der Waals surface area (Å²) < 4.78 is 34.5. The van der Waals surface area contributed by atoms with Crippen LogP contribution in [-0.4, -0.2) is 34.7 Å². The lowest BCUT2D eigenvalue weighted by Gasteiger charge is -2.05. The van der Waals surface area contributed by atoms with Crippen molar-refractivity contribution in [1.29, 1.82) is 0 Å². The summed E-state index contributed by atoms with van der Waals surface area (Å²) in [5, 5.41) is 4.01. The third-order valence-corrected chi connectivity index (χ3v) is 6.13. The van der Waals surface area contributed by atoms with Crippen molar-refractivity contribution in [2.45, 2.75) is 31.7 Å². The van der Waals surface area contributed by atoms with Gasteiger partial charge in [-0.3, -0.25) is 0 Å². The summed E-state index contributed by atoms with van der Waals surface area (Å²) >= 11 is 0. The predicted octanol–water partition coefficient (Wildman–Crippen LogP) is 2.94. The maximum atomic E-state index is 12.3. The minimum Gasteiger partial charge on any atom is -0.339 e. The molecule has 2 heterocycles. The average Bonchev–Trinajstić information content (AvgIpc) is 3.34. The Balaban J connectivity index is 1.42. The lowest BCUT2D eigenvalue weighted by atomic mass is 10.2. The van der Waals surface area contributed by atoms with Crippen LogP contribution in [0.4, 0.5) is 0 Å². The molecule has 0 saturated carbocycles. The fourth-order valence-corrected chi connectivity index (χ4v) is 4.05. The Bertz CT molecular complexity index is 1240. The third-order valence-electron chi connectivity index (χ3n) is 4.65. The lowest BCUT2D eigenvalue weighted by Crippen LogP contribution is -2.26. The van der Waals surface area contributed by atoms with Crippen molar-refractivity contribution in [1.82, 2.24) is 24.4 Å². The Kier molecular flexibility index (Phi) is 5.16. The summed E-state index contributed by atoms with van der Waals surface area (Å²) in [4.78, 5) is 9.00. The van der Waals surface area contributed by atoms with Crippen LogP contribution in [-0.2, 0) is 23.0 Å². The fraction of sp³-hybridized carbons (Fsp3) is 0.250. The number of sulfonamides is 1. The van der Waals surface area contributed by atoms with Crippen LogP contribution >= 0.6 is 0 Å². The number of nitrogens with one attached hydrogen (secondary N) is 1. The number of aromatic nitrogens is 4. The first-order valence-corrected chi connectivity index (χ1v) is 10.8. The zero-order chi connectivity index (χ0) is 20.4. The molecule has 4 aromatic rings. The molecular weight excluding hydrogens is 390 g/mol. The molecule has 8 nitrogen and oxygen atoms in total. The smallest absolute Gasteiger partial charge is 0.240 e. The van der Waals surface area contributed by atoms with E-state index in [4.69, 9.17) is 4.52 Å². The third kappa shape index (κ3) is 4.06. The van der Waals surface area contributed by atoms with E-state index in [9.17, 15) is 8.42 Å². The Labute approximate surface area is 168 Å². The van der Waals surface area contributed by atoms with Gasteiger partial charge in [0.15, 0.2) is 0 Å². The van der Waals surface area contributed by atoms with E-state index in [-0.39, 0.29) is 11.4 Å². The molecule has 2 aromatic carbocycles. The minimum absolute atomic E-state index is 0.164. The van der Waals surface area contributed by atoms with E-state index in [1.807, 2.05) is 25.1 Å². The first kappa shape index (κ1) is 19.3. The molecule has 2 aromatic heterocycles. The van der Waals surface area contributed by atoms with E-state index in [0.717, 1.165) is 28.7 Å². The van der Waals surface area contributed by atoms with E-state index in [2.05, 4.69) is 31.3 Å². The average molecular weight is 411 g/mol. The first-order valence-electron chi connectivity index (χ1n) is 9.30. The van der Waals surface area contributed by atoms with Gasteiger partial charge in [0, 0.05) is 25.1 Å². The number of benzene rings is 2. The van der Waals surface area contributed by atoms with Crippen molar-refractivity contribution in [3.63, 3.8) is 0 Å². The van der Waals surface area contributed by atoms with Gasteiger partial charge in [-0.25, -0.2) is 18.1 Å². The molecule has 9 heteroatoms. The molecule has 4 rings (SSSR count). The number of fused-ring (bicyclic) bond motifs is 1.